The second kappa shape index (κ2) is 17.7. The average Bonchev–Trinajstić information content (AvgIpc) is 3.05. The molecule has 3 amide bonds. The fraction of sp³-hybridized carbons (Fsp3) is 0.556. The van der Waals surface area contributed by atoms with Crippen molar-refractivity contribution in [3.8, 4) is 5.75 Å². The number of benzene rings is 2. The van der Waals surface area contributed by atoms with E-state index in [2.05, 4.69) is 21.3 Å². The van der Waals surface area contributed by atoms with Crippen LogP contribution >= 0.6 is 0 Å². The summed E-state index contributed by atoms with van der Waals surface area (Å²) < 4.78 is 11.4. The number of aryl methyl sites for hydroxylation is 2. The molecule has 11 heteroatoms. The zero-order valence-corrected chi connectivity index (χ0v) is 27.6. The number of amides is 3. The highest BCUT2D eigenvalue weighted by atomic mass is 16.5. The lowest BCUT2D eigenvalue weighted by molar-refractivity contribution is -0.137. The van der Waals surface area contributed by atoms with E-state index in [0.717, 1.165) is 54.8 Å². The molecular weight excluding hydrogens is 600 g/mol. The first-order valence-corrected chi connectivity index (χ1v) is 16.9. The van der Waals surface area contributed by atoms with Crippen LogP contribution in [0.3, 0.4) is 0 Å². The Labute approximate surface area is 277 Å². The van der Waals surface area contributed by atoms with Gasteiger partial charge in [0.1, 0.15) is 17.8 Å². The van der Waals surface area contributed by atoms with Crippen molar-refractivity contribution in [2.45, 2.75) is 103 Å². The van der Waals surface area contributed by atoms with Gasteiger partial charge in [0.25, 0.3) is 0 Å². The number of hydrogen-bond acceptors (Lipinski definition) is 7. The first kappa shape index (κ1) is 35.7. The Bertz CT molecular complexity index is 1340. The number of piperidine rings is 1. The van der Waals surface area contributed by atoms with Crippen LogP contribution in [-0.2, 0) is 32.1 Å². The highest BCUT2D eigenvalue weighted by molar-refractivity contribution is 5.91. The maximum Gasteiger partial charge on any atom is 0.407 e. The first-order valence-electron chi connectivity index (χ1n) is 16.9. The molecule has 1 aliphatic carbocycles. The van der Waals surface area contributed by atoms with Crippen molar-refractivity contribution in [1.29, 1.82) is 0 Å². The van der Waals surface area contributed by atoms with E-state index in [-0.39, 0.29) is 38.0 Å². The summed E-state index contributed by atoms with van der Waals surface area (Å²) in [4.78, 5) is 50.6. The molecule has 5 N–H and O–H groups in total. The quantitative estimate of drug-likeness (QED) is 0.158. The number of alkyl carbamates (subject to hydrolysis) is 1. The molecule has 2 atom stereocenters. The van der Waals surface area contributed by atoms with Crippen LogP contribution in [0.25, 0.3) is 0 Å². The fourth-order valence-corrected chi connectivity index (χ4v) is 6.30. The number of unbranched alkanes of at least 4 members (excludes halogenated alkanes) is 1. The summed E-state index contributed by atoms with van der Waals surface area (Å²) >= 11 is 0. The van der Waals surface area contributed by atoms with Crippen LogP contribution in [0.15, 0.2) is 48.5 Å². The van der Waals surface area contributed by atoms with E-state index in [1.165, 1.54) is 12.8 Å². The number of aliphatic carboxylic acids is 1. The normalized spacial score (nSPS) is 19.9. The highest BCUT2D eigenvalue weighted by Gasteiger charge is 2.46. The Morgan fingerprint density at radius 2 is 1.79 bits per heavy atom. The number of carboxylic acids is 1. The summed E-state index contributed by atoms with van der Waals surface area (Å²) in [6, 6.07) is 13.4. The van der Waals surface area contributed by atoms with Crippen molar-refractivity contribution in [2.24, 2.45) is 5.41 Å². The molecule has 0 unspecified atom stereocenters. The van der Waals surface area contributed by atoms with E-state index in [0.29, 0.717) is 24.7 Å². The molecule has 4 rings (SSSR count). The number of nitrogens with one attached hydrogen (secondary N) is 4. The lowest BCUT2D eigenvalue weighted by Crippen LogP contribution is -2.54. The minimum absolute atomic E-state index is 0.151. The van der Waals surface area contributed by atoms with Gasteiger partial charge in [-0.1, -0.05) is 49.7 Å². The van der Waals surface area contributed by atoms with Gasteiger partial charge in [0, 0.05) is 19.5 Å². The molecule has 2 aromatic rings. The maximum absolute atomic E-state index is 13.6. The van der Waals surface area contributed by atoms with E-state index in [1.54, 1.807) is 0 Å². The van der Waals surface area contributed by atoms with E-state index in [4.69, 9.17) is 9.47 Å². The minimum atomic E-state index is -1.18. The third-order valence-corrected chi connectivity index (χ3v) is 9.14. The Morgan fingerprint density at radius 3 is 2.49 bits per heavy atom. The number of ether oxygens (including phenoxy) is 2. The van der Waals surface area contributed by atoms with Crippen LogP contribution < -0.4 is 26.0 Å². The number of carbonyl (C=O) groups excluding carboxylic acids is 3. The lowest BCUT2D eigenvalue weighted by atomic mass is 9.63. The van der Waals surface area contributed by atoms with Gasteiger partial charge in [-0.25, -0.2) is 4.79 Å². The number of carboxylic acid groups (broad SMARTS) is 1. The van der Waals surface area contributed by atoms with E-state index >= 15 is 0 Å². The summed E-state index contributed by atoms with van der Waals surface area (Å²) in [6.45, 7) is 6.50. The summed E-state index contributed by atoms with van der Waals surface area (Å²) in [5.74, 6) is -1.36. The van der Waals surface area contributed by atoms with Crippen molar-refractivity contribution in [3.63, 3.8) is 0 Å². The summed E-state index contributed by atoms with van der Waals surface area (Å²) in [7, 11) is 0. The van der Waals surface area contributed by atoms with Crippen molar-refractivity contribution in [3.05, 3.63) is 65.2 Å². The third-order valence-electron chi connectivity index (χ3n) is 9.14. The molecular formula is C36H50N4O7. The van der Waals surface area contributed by atoms with Crippen molar-refractivity contribution in [1.82, 2.24) is 21.3 Å². The number of carbonyl (C=O) groups is 4. The molecule has 11 nitrogen and oxygen atoms in total. The Hall–Kier alpha value is -4.12. The van der Waals surface area contributed by atoms with Gasteiger partial charge >= 0.3 is 12.1 Å². The van der Waals surface area contributed by atoms with Gasteiger partial charge < -0.3 is 35.8 Å². The largest absolute Gasteiger partial charge is 0.490 e. The molecule has 0 bridgehead atoms. The van der Waals surface area contributed by atoms with Gasteiger partial charge in [-0.2, -0.15) is 0 Å². The highest BCUT2D eigenvalue weighted by Crippen LogP contribution is 2.47. The van der Waals surface area contributed by atoms with Gasteiger partial charge in [0.05, 0.1) is 12.7 Å². The SMILES string of the molecule is CCCCOC(=O)N[C@@H](CCC(=O)O)C(=O)N[C@@H](CCc1ccccc1)C(=O)NCc1cc(OC2CC3(CCCNC3)C2)ccc1C. The molecule has 47 heavy (non-hydrogen) atoms. The van der Waals surface area contributed by atoms with Gasteiger partial charge in [0.15, 0.2) is 0 Å². The van der Waals surface area contributed by atoms with Gasteiger partial charge in [-0.05, 0) is 99.1 Å². The molecule has 1 spiro atoms. The predicted molar refractivity (Wildman–Crippen MR) is 178 cm³/mol. The molecule has 1 saturated carbocycles. The summed E-state index contributed by atoms with van der Waals surface area (Å²) in [5.41, 5.74) is 3.28. The van der Waals surface area contributed by atoms with Crippen LogP contribution in [0.1, 0.15) is 81.4 Å². The van der Waals surface area contributed by atoms with E-state index in [9.17, 15) is 24.3 Å². The van der Waals surface area contributed by atoms with Gasteiger partial charge in [-0.15, -0.1) is 0 Å². The second-order valence-electron chi connectivity index (χ2n) is 12.9. The second-order valence-corrected chi connectivity index (χ2v) is 12.9. The lowest BCUT2D eigenvalue weighted by Gasteiger charge is -2.49. The molecule has 1 aliphatic heterocycles. The van der Waals surface area contributed by atoms with Gasteiger partial charge in [0.2, 0.25) is 11.8 Å². The van der Waals surface area contributed by atoms with Crippen molar-refractivity contribution in [2.75, 3.05) is 19.7 Å². The maximum atomic E-state index is 13.6. The van der Waals surface area contributed by atoms with Crippen LogP contribution in [-0.4, -0.2) is 66.9 Å². The van der Waals surface area contributed by atoms with Crippen LogP contribution in [0, 0.1) is 12.3 Å². The topological polar surface area (TPSA) is 155 Å². The molecule has 0 radical (unpaired) electrons. The minimum Gasteiger partial charge on any atom is -0.490 e. The smallest absolute Gasteiger partial charge is 0.407 e. The van der Waals surface area contributed by atoms with Crippen molar-refractivity contribution < 1.29 is 33.8 Å². The van der Waals surface area contributed by atoms with Crippen molar-refractivity contribution >= 4 is 23.9 Å². The monoisotopic (exact) mass is 650 g/mol. The van der Waals surface area contributed by atoms with E-state index < -0.39 is 30.1 Å². The van der Waals surface area contributed by atoms with Gasteiger partial charge in [-0.3, -0.25) is 14.4 Å². The molecule has 1 heterocycles. The molecule has 2 aliphatic rings. The molecule has 2 aromatic carbocycles. The zero-order chi connectivity index (χ0) is 33.6. The van der Waals surface area contributed by atoms with E-state index in [1.807, 2.05) is 62.4 Å². The Morgan fingerprint density at radius 1 is 1.02 bits per heavy atom. The average molecular weight is 651 g/mol. The third kappa shape index (κ3) is 11.3. The Kier molecular flexibility index (Phi) is 13.5. The number of hydrogen-bond donors (Lipinski definition) is 5. The van der Waals surface area contributed by atoms with Crippen LogP contribution in [0.5, 0.6) is 5.75 Å². The summed E-state index contributed by atoms with van der Waals surface area (Å²) in [6.07, 6.45) is 5.73. The Balaban J connectivity index is 1.39. The fourth-order valence-electron chi connectivity index (χ4n) is 6.30. The van der Waals surface area contributed by atoms with Crippen LogP contribution in [0.2, 0.25) is 0 Å². The molecule has 256 valence electrons. The summed E-state index contributed by atoms with van der Waals surface area (Å²) in [5, 5.41) is 21.0. The zero-order valence-electron chi connectivity index (χ0n) is 27.6. The predicted octanol–water partition coefficient (Wildman–Crippen LogP) is 4.40. The molecule has 0 aromatic heterocycles. The van der Waals surface area contributed by atoms with Crippen LogP contribution in [0.4, 0.5) is 4.79 Å². The molecule has 1 saturated heterocycles. The number of rotatable bonds is 17. The standard InChI is InChI=1S/C36H50N4O7/c1-3-4-19-46-35(45)40-31(15-16-32(41)42)34(44)39-30(14-12-26-9-6-5-7-10-26)33(43)38-23-27-20-28(13-11-25(27)2)47-29-21-36(22-29)17-8-18-37-24-36/h5-7,9-11,13,20,29-31,37H,3-4,8,12,14-19,21-24H2,1-2H3,(H,38,43)(H,39,44)(H,40,45)(H,41,42)/t29?,30-,31-,36?/m0/s1. The first-order chi connectivity index (χ1) is 22.7. The molecule has 2 fully saturated rings.